The summed E-state index contributed by atoms with van der Waals surface area (Å²) < 4.78 is 10.2. The van der Waals surface area contributed by atoms with E-state index in [1.807, 2.05) is 0 Å². The van der Waals surface area contributed by atoms with E-state index in [0.717, 1.165) is 6.07 Å². The highest BCUT2D eigenvalue weighted by atomic mass is 35.5. The summed E-state index contributed by atoms with van der Waals surface area (Å²) in [5.41, 5.74) is 0.531. The number of carbonyl (C=O) groups is 2. The molecule has 1 heterocycles. The van der Waals surface area contributed by atoms with Crippen molar-refractivity contribution in [2.24, 2.45) is 0 Å². The molecule has 0 fully saturated rings. The number of hydrogen-bond donors (Lipinski definition) is 1. The van der Waals surface area contributed by atoms with E-state index in [2.05, 4.69) is 5.32 Å². The van der Waals surface area contributed by atoms with Gasteiger partial charge in [0.2, 0.25) is 6.10 Å². The Kier molecular flexibility index (Phi) is 5.71. The molecule has 8 nitrogen and oxygen atoms in total. The minimum Gasteiger partial charge on any atom is -0.472 e. The normalized spacial score (nSPS) is 11.5. The van der Waals surface area contributed by atoms with Gasteiger partial charge < -0.3 is 14.5 Å². The van der Waals surface area contributed by atoms with Crippen LogP contribution in [0.15, 0.2) is 71.5 Å². The van der Waals surface area contributed by atoms with Crippen LogP contribution in [-0.2, 0) is 9.53 Å². The first-order valence-corrected chi connectivity index (χ1v) is 8.36. The maximum atomic E-state index is 12.8. The molecule has 3 rings (SSSR count). The highest BCUT2D eigenvalue weighted by molar-refractivity contribution is 6.34. The molecule has 9 heteroatoms. The molecule has 0 saturated carbocycles. The zero-order chi connectivity index (χ0) is 20.1. The predicted octanol–water partition coefficient (Wildman–Crippen LogP) is 4.38. The quantitative estimate of drug-likeness (QED) is 0.373. The summed E-state index contributed by atoms with van der Waals surface area (Å²) in [5.74, 6) is -1.41. The Morgan fingerprint density at radius 3 is 2.50 bits per heavy atom. The number of benzene rings is 2. The van der Waals surface area contributed by atoms with Crippen LogP contribution in [-0.4, -0.2) is 16.8 Å². The van der Waals surface area contributed by atoms with Gasteiger partial charge in [0.05, 0.1) is 27.5 Å². The van der Waals surface area contributed by atoms with E-state index >= 15 is 0 Å². The molecule has 0 bridgehead atoms. The van der Waals surface area contributed by atoms with Gasteiger partial charge in [0.25, 0.3) is 11.6 Å². The van der Waals surface area contributed by atoms with Crippen LogP contribution in [0.4, 0.5) is 11.4 Å². The fourth-order valence-corrected chi connectivity index (χ4v) is 2.60. The fraction of sp³-hybridized carbons (Fsp3) is 0.0526. The van der Waals surface area contributed by atoms with Crippen molar-refractivity contribution in [3.05, 3.63) is 93.4 Å². The third kappa shape index (κ3) is 4.36. The highest BCUT2D eigenvalue weighted by Gasteiger charge is 2.27. The Morgan fingerprint density at radius 1 is 1.14 bits per heavy atom. The molecule has 0 saturated heterocycles. The van der Waals surface area contributed by atoms with Gasteiger partial charge in [-0.3, -0.25) is 14.9 Å². The maximum absolute atomic E-state index is 12.8. The van der Waals surface area contributed by atoms with Crippen LogP contribution in [0.2, 0.25) is 5.02 Å². The minimum atomic E-state index is -1.27. The van der Waals surface area contributed by atoms with Crippen molar-refractivity contribution in [3.8, 4) is 0 Å². The number of rotatable bonds is 6. The summed E-state index contributed by atoms with van der Waals surface area (Å²) in [6.45, 7) is 0. The standard InChI is InChI=1S/C19H13ClN2O6/c20-15-10-14(22(25)26)6-7-16(15)21-18(23)17(12-4-2-1-3-5-12)28-19(24)13-8-9-27-11-13/h1-11,17H,(H,21,23). The molecule has 1 aromatic heterocycles. The molecule has 1 atom stereocenters. The van der Waals surface area contributed by atoms with Gasteiger partial charge in [0.1, 0.15) is 6.26 Å². The number of non-ortho nitro benzene ring substituents is 1. The molecule has 1 unspecified atom stereocenters. The van der Waals surface area contributed by atoms with E-state index in [1.165, 1.54) is 30.7 Å². The summed E-state index contributed by atoms with van der Waals surface area (Å²) in [4.78, 5) is 35.3. The summed E-state index contributed by atoms with van der Waals surface area (Å²) in [6.07, 6.45) is 1.25. The van der Waals surface area contributed by atoms with E-state index in [-0.39, 0.29) is 22.0 Å². The van der Waals surface area contributed by atoms with Crippen LogP contribution < -0.4 is 5.32 Å². The van der Waals surface area contributed by atoms with Gasteiger partial charge in [0.15, 0.2) is 0 Å². The van der Waals surface area contributed by atoms with E-state index < -0.39 is 22.9 Å². The molecular formula is C19H13ClN2O6. The molecular weight excluding hydrogens is 388 g/mol. The second kappa shape index (κ2) is 8.36. The molecule has 0 aliphatic carbocycles. The Labute approximate surface area is 163 Å². The minimum absolute atomic E-state index is 0.0180. The van der Waals surface area contributed by atoms with Crippen molar-refractivity contribution in [2.45, 2.75) is 6.10 Å². The molecule has 0 aliphatic rings. The van der Waals surface area contributed by atoms with Crippen LogP contribution in [0.5, 0.6) is 0 Å². The monoisotopic (exact) mass is 400 g/mol. The summed E-state index contributed by atoms with van der Waals surface area (Å²) in [6, 6.07) is 13.4. The first-order chi connectivity index (χ1) is 13.5. The number of nitrogens with zero attached hydrogens (tertiary/aromatic N) is 1. The number of hydrogen-bond acceptors (Lipinski definition) is 6. The number of ether oxygens (including phenoxy) is 1. The van der Waals surface area contributed by atoms with Crippen molar-refractivity contribution >= 4 is 34.9 Å². The van der Waals surface area contributed by atoms with E-state index in [1.54, 1.807) is 30.3 Å². The number of furan rings is 1. The van der Waals surface area contributed by atoms with Crippen LogP contribution >= 0.6 is 11.6 Å². The number of esters is 1. The molecule has 0 radical (unpaired) electrons. The van der Waals surface area contributed by atoms with Crippen LogP contribution in [0.1, 0.15) is 22.0 Å². The molecule has 0 aliphatic heterocycles. The number of carbonyl (C=O) groups excluding carboxylic acids is 2. The second-order valence-electron chi connectivity index (χ2n) is 5.62. The number of nitro benzene ring substituents is 1. The highest BCUT2D eigenvalue weighted by Crippen LogP contribution is 2.28. The van der Waals surface area contributed by atoms with Gasteiger partial charge >= 0.3 is 5.97 Å². The Morgan fingerprint density at radius 2 is 1.89 bits per heavy atom. The van der Waals surface area contributed by atoms with Crippen LogP contribution in [0.3, 0.4) is 0 Å². The van der Waals surface area contributed by atoms with Crippen LogP contribution in [0.25, 0.3) is 0 Å². The molecule has 3 aromatic rings. The Balaban J connectivity index is 1.84. The molecule has 142 valence electrons. The van der Waals surface area contributed by atoms with Gasteiger partial charge in [-0.1, -0.05) is 41.9 Å². The maximum Gasteiger partial charge on any atom is 0.342 e. The first-order valence-electron chi connectivity index (χ1n) is 7.98. The largest absolute Gasteiger partial charge is 0.472 e. The van der Waals surface area contributed by atoms with E-state index in [9.17, 15) is 19.7 Å². The summed E-state index contributed by atoms with van der Waals surface area (Å²) in [7, 11) is 0. The third-order valence-corrected chi connectivity index (χ3v) is 4.06. The van der Waals surface area contributed by atoms with E-state index in [0.29, 0.717) is 5.56 Å². The number of halogens is 1. The molecule has 0 spiro atoms. The smallest absolute Gasteiger partial charge is 0.342 e. The summed E-state index contributed by atoms with van der Waals surface area (Å²) >= 11 is 6.02. The summed E-state index contributed by atoms with van der Waals surface area (Å²) in [5, 5.41) is 13.3. The first kappa shape index (κ1) is 19.1. The zero-order valence-corrected chi connectivity index (χ0v) is 15.0. The van der Waals surface area contributed by atoms with Crippen molar-refractivity contribution in [2.75, 3.05) is 5.32 Å². The molecule has 28 heavy (non-hydrogen) atoms. The van der Waals surface area contributed by atoms with Gasteiger partial charge in [-0.25, -0.2) is 4.79 Å². The van der Waals surface area contributed by atoms with Crippen molar-refractivity contribution in [1.29, 1.82) is 0 Å². The lowest BCUT2D eigenvalue weighted by atomic mass is 10.1. The van der Waals surface area contributed by atoms with Gasteiger partial charge in [-0.05, 0) is 12.1 Å². The Bertz CT molecular complexity index is 1000. The zero-order valence-electron chi connectivity index (χ0n) is 14.2. The fourth-order valence-electron chi connectivity index (χ4n) is 2.37. The number of anilines is 1. The average molecular weight is 401 g/mol. The lowest BCUT2D eigenvalue weighted by Gasteiger charge is -2.18. The van der Waals surface area contributed by atoms with Crippen molar-refractivity contribution in [1.82, 2.24) is 0 Å². The topological polar surface area (TPSA) is 112 Å². The average Bonchev–Trinajstić information content (AvgIpc) is 3.23. The molecule has 1 amide bonds. The lowest BCUT2D eigenvalue weighted by molar-refractivity contribution is -0.384. The lowest BCUT2D eigenvalue weighted by Crippen LogP contribution is -2.26. The van der Waals surface area contributed by atoms with E-state index in [4.69, 9.17) is 20.8 Å². The van der Waals surface area contributed by atoms with Gasteiger partial charge in [-0.15, -0.1) is 0 Å². The second-order valence-corrected chi connectivity index (χ2v) is 6.03. The van der Waals surface area contributed by atoms with Crippen LogP contribution in [0, 0.1) is 10.1 Å². The third-order valence-electron chi connectivity index (χ3n) is 3.74. The molecule has 2 aromatic carbocycles. The number of nitro groups is 1. The van der Waals surface area contributed by atoms with Crippen molar-refractivity contribution in [3.63, 3.8) is 0 Å². The SMILES string of the molecule is O=C(OC(C(=O)Nc1ccc([N+](=O)[O-])cc1Cl)c1ccccc1)c1ccoc1. The van der Waals surface area contributed by atoms with Gasteiger partial charge in [-0.2, -0.15) is 0 Å². The molecule has 1 N–H and O–H groups in total. The predicted molar refractivity (Wildman–Crippen MR) is 100 cm³/mol. The van der Waals surface area contributed by atoms with Crippen molar-refractivity contribution < 1.29 is 23.7 Å². The van der Waals surface area contributed by atoms with Gasteiger partial charge in [0, 0.05) is 17.7 Å². The Hall–Kier alpha value is -3.65. The number of nitrogens with one attached hydrogen (secondary N) is 1. The number of amides is 1.